The third-order valence-electron chi connectivity index (χ3n) is 7.62. The number of piperazine rings is 1. The fraction of sp³-hybridized carbons (Fsp3) is 0.433. The van der Waals surface area contributed by atoms with Crippen molar-refractivity contribution in [2.24, 2.45) is 0 Å². The highest BCUT2D eigenvalue weighted by Crippen LogP contribution is 2.42. The summed E-state index contributed by atoms with van der Waals surface area (Å²) in [4.78, 5) is 18.3. The SMILES string of the molecule is C=CCNNc1ccc2c(n1)C(C)CC2.COC1c2cnc(Nc3ccc(N4CCN(C)CC4)c(C)c3)nc21. The minimum Gasteiger partial charge on any atom is -0.370 e. The number of nitrogens with zero attached hydrogens (tertiary/aromatic N) is 5. The number of methoxy groups -OCH3 is 1. The first-order valence-electron chi connectivity index (χ1n) is 13.8. The molecule has 206 valence electrons. The molecule has 9 heteroatoms. The molecule has 9 nitrogen and oxygen atoms in total. The molecule has 3 aliphatic rings. The number of aromatic nitrogens is 3. The van der Waals surface area contributed by atoms with E-state index in [0.29, 0.717) is 11.9 Å². The van der Waals surface area contributed by atoms with Crippen molar-refractivity contribution in [3.05, 3.63) is 77.3 Å². The topological polar surface area (TPSA) is 90.5 Å². The molecule has 0 spiro atoms. The van der Waals surface area contributed by atoms with Crippen molar-refractivity contribution in [1.82, 2.24) is 25.3 Å². The number of aryl methyl sites for hydroxylation is 2. The molecule has 0 amide bonds. The Morgan fingerprint density at radius 1 is 1.10 bits per heavy atom. The van der Waals surface area contributed by atoms with Crippen LogP contribution in [0.3, 0.4) is 0 Å². The highest BCUT2D eigenvalue weighted by atomic mass is 16.5. The van der Waals surface area contributed by atoms with Crippen LogP contribution in [0.4, 0.5) is 23.1 Å². The molecule has 0 radical (unpaired) electrons. The van der Waals surface area contributed by atoms with Crippen LogP contribution in [-0.4, -0.2) is 66.7 Å². The maximum absolute atomic E-state index is 5.31. The molecule has 6 rings (SSSR count). The van der Waals surface area contributed by atoms with E-state index >= 15 is 0 Å². The molecule has 2 atom stereocenters. The Bertz CT molecular complexity index is 1300. The van der Waals surface area contributed by atoms with Gasteiger partial charge in [-0.05, 0) is 68.1 Å². The predicted molar refractivity (Wildman–Crippen MR) is 158 cm³/mol. The highest BCUT2D eigenvalue weighted by Gasteiger charge is 2.35. The molecule has 2 aliphatic carbocycles. The van der Waals surface area contributed by atoms with E-state index in [9.17, 15) is 0 Å². The second kappa shape index (κ2) is 12.1. The number of hydrogen-bond acceptors (Lipinski definition) is 9. The van der Waals surface area contributed by atoms with Crippen LogP contribution in [0.15, 0.2) is 49.2 Å². The van der Waals surface area contributed by atoms with Gasteiger partial charge in [0.25, 0.3) is 0 Å². The first kappa shape index (κ1) is 27.1. The Balaban J connectivity index is 0.000000177. The van der Waals surface area contributed by atoms with Gasteiger partial charge < -0.3 is 25.3 Å². The van der Waals surface area contributed by atoms with E-state index in [4.69, 9.17) is 4.74 Å². The van der Waals surface area contributed by atoms with Crippen LogP contribution < -0.4 is 21.1 Å². The first-order valence-corrected chi connectivity index (χ1v) is 13.8. The van der Waals surface area contributed by atoms with Crippen molar-refractivity contribution in [1.29, 1.82) is 0 Å². The van der Waals surface area contributed by atoms with Gasteiger partial charge in [0, 0.05) is 68.7 Å². The maximum Gasteiger partial charge on any atom is 0.227 e. The van der Waals surface area contributed by atoms with Crippen molar-refractivity contribution in [2.75, 3.05) is 62.5 Å². The second-order valence-electron chi connectivity index (χ2n) is 10.5. The minimum atomic E-state index is 0.0365. The van der Waals surface area contributed by atoms with Gasteiger partial charge in [0.05, 0.1) is 5.69 Å². The molecule has 2 aromatic heterocycles. The molecular formula is C30H40N8O. The summed E-state index contributed by atoms with van der Waals surface area (Å²) in [5.74, 6) is 2.12. The third-order valence-corrected chi connectivity index (χ3v) is 7.62. The molecule has 0 bridgehead atoms. The lowest BCUT2D eigenvalue weighted by Crippen LogP contribution is -2.44. The second-order valence-corrected chi connectivity index (χ2v) is 10.5. The Morgan fingerprint density at radius 2 is 1.92 bits per heavy atom. The summed E-state index contributed by atoms with van der Waals surface area (Å²) in [7, 11) is 3.87. The average Bonchev–Trinajstić information content (AvgIpc) is 3.53. The molecule has 0 saturated carbocycles. The lowest BCUT2D eigenvalue weighted by Gasteiger charge is -2.35. The van der Waals surface area contributed by atoms with E-state index in [-0.39, 0.29) is 6.10 Å². The molecule has 3 aromatic rings. The van der Waals surface area contributed by atoms with Gasteiger partial charge in [-0.25, -0.2) is 20.4 Å². The quantitative estimate of drug-likeness (QED) is 0.221. The monoisotopic (exact) mass is 528 g/mol. The van der Waals surface area contributed by atoms with Crippen molar-refractivity contribution in [3.63, 3.8) is 0 Å². The van der Waals surface area contributed by atoms with Crippen molar-refractivity contribution in [3.8, 4) is 0 Å². The van der Waals surface area contributed by atoms with Crippen molar-refractivity contribution in [2.45, 2.75) is 38.7 Å². The normalized spacial score (nSPS) is 19.4. The smallest absolute Gasteiger partial charge is 0.227 e. The zero-order chi connectivity index (χ0) is 27.4. The number of likely N-dealkylation sites (N-methyl/N-ethyl adjacent to an activating group) is 1. The van der Waals surface area contributed by atoms with Gasteiger partial charge in [0.15, 0.2) is 0 Å². The number of rotatable bonds is 8. The Hall–Kier alpha value is -3.53. The minimum absolute atomic E-state index is 0.0365. The predicted octanol–water partition coefficient (Wildman–Crippen LogP) is 4.56. The molecule has 1 saturated heterocycles. The molecule has 3 N–H and O–H groups in total. The van der Waals surface area contributed by atoms with E-state index in [1.54, 1.807) is 7.11 Å². The zero-order valence-corrected chi connectivity index (χ0v) is 23.5. The molecule has 3 heterocycles. The zero-order valence-electron chi connectivity index (χ0n) is 23.5. The summed E-state index contributed by atoms with van der Waals surface area (Å²) in [6, 6.07) is 10.6. The van der Waals surface area contributed by atoms with Crippen LogP contribution in [0.25, 0.3) is 0 Å². The lowest BCUT2D eigenvalue weighted by atomic mass is 10.1. The number of pyridine rings is 1. The third kappa shape index (κ3) is 6.38. The van der Waals surface area contributed by atoms with E-state index in [2.05, 4.69) is 92.7 Å². The van der Waals surface area contributed by atoms with E-state index in [1.165, 1.54) is 35.3 Å². The number of ether oxygens (including phenoxy) is 1. The van der Waals surface area contributed by atoms with Gasteiger partial charge in [-0.3, -0.25) is 0 Å². The number of fused-ring (bicyclic) bond motifs is 2. The number of nitrogens with one attached hydrogen (secondary N) is 3. The number of benzene rings is 1. The van der Waals surface area contributed by atoms with Crippen LogP contribution >= 0.6 is 0 Å². The fourth-order valence-electron chi connectivity index (χ4n) is 5.23. The van der Waals surface area contributed by atoms with Crippen LogP contribution in [0.2, 0.25) is 0 Å². The summed E-state index contributed by atoms with van der Waals surface area (Å²) in [5.41, 5.74) is 14.4. The van der Waals surface area contributed by atoms with Gasteiger partial charge in [-0.2, -0.15) is 0 Å². The molecule has 1 aliphatic heterocycles. The summed E-state index contributed by atoms with van der Waals surface area (Å²) < 4.78 is 5.31. The fourth-order valence-corrected chi connectivity index (χ4v) is 5.23. The van der Waals surface area contributed by atoms with E-state index in [0.717, 1.165) is 55.5 Å². The lowest BCUT2D eigenvalue weighted by molar-refractivity contribution is 0.170. The standard InChI is InChI=1S/C18H23N5O.C12H17N3/c1-12-10-13(4-5-15(12)23-8-6-22(2)7-9-23)20-18-19-11-14-16(21-18)17(14)24-3;1-3-8-13-15-11-7-6-10-5-4-9(2)12(10)14-11/h4-5,10-11,17H,6-9H2,1-3H3,(H,19,20,21);3,6-7,9,13H,1,4-5,8H2,2H3,(H,14,15). The van der Waals surface area contributed by atoms with Crippen molar-refractivity contribution >= 4 is 23.1 Å². The van der Waals surface area contributed by atoms with Crippen LogP contribution in [0.1, 0.15) is 53.4 Å². The molecule has 2 unspecified atom stereocenters. The Labute approximate surface area is 231 Å². The van der Waals surface area contributed by atoms with Crippen molar-refractivity contribution < 1.29 is 4.74 Å². The van der Waals surface area contributed by atoms with E-state index < -0.39 is 0 Å². The summed E-state index contributed by atoms with van der Waals surface area (Å²) in [6.07, 6.45) is 6.08. The van der Waals surface area contributed by atoms with Gasteiger partial charge >= 0.3 is 0 Å². The molecule has 1 aromatic carbocycles. The van der Waals surface area contributed by atoms with Crippen LogP contribution in [0, 0.1) is 6.92 Å². The molecule has 39 heavy (non-hydrogen) atoms. The average molecular weight is 529 g/mol. The van der Waals surface area contributed by atoms with Gasteiger partial charge in [-0.15, -0.1) is 6.58 Å². The van der Waals surface area contributed by atoms with Gasteiger partial charge in [0.2, 0.25) is 5.95 Å². The van der Waals surface area contributed by atoms with Crippen LogP contribution in [0.5, 0.6) is 0 Å². The summed E-state index contributed by atoms with van der Waals surface area (Å²) >= 11 is 0. The first-order chi connectivity index (χ1) is 19.0. The van der Waals surface area contributed by atoms with Gasteiger partial charge in [-0.1, -0.05) is 19.1 Å². The highest BCUT2D eigenvalue weighted by molar-refractivity contribution is 5.64. The number of hydrazine groups is 1. The largest absolute Gasteiger partial charge is 0.370 e. The summed E-state index contributed by atoms with van der Waals surface area (Å²) in [6.45, 7) is 13.2. The number of hydrogen-bond donors (Lipinski definition) is 3. The Kier molecular flexibility index (Phi) is 8.40. The molecule has 1 fully saturated rings. The van der Waals surface area contributed by atoms with Crippen LogP contribution in [-0.2, 0) is 11.2 Å². The molecular weight excluding hydrogens is 488 g/mol. The van der Waals surface area contributed by atoms with E-state index in [1.807, 2.05) is 18.3 Å². The number of anilines is 4. The Morgan fingerprint density at radius 3 is 2.67 bits per heavy atom. The summed E-state index contributed by atoms with van der Waals surface area (Å²) in [5, 5.41) is 3.30. The van der Waals surface area contributed by atoms with Gasteiger partial charge in [0.1, 0.15) is 11.9 Å². The maximum atomic E-state index is 5.31.